The van der Waals surface area contributed by atoms with Crippen LogP contribution in [0.3, 0.4) is 0 Å². The molecule has 0 spiro atoms. The fourth-order valence-corrected chi connectivity index (χ4v) is 17.1. The first-order valence-electron chi connectivity index (χ1n) is 42.2. The topological polar surface area (TPSA) is 298 Å². The van der Waals surface area contributed by atoms with Gasteiger partial charge in [-0.15, -0.1) is 0 Å². The van der Waals surface area contributed by atoms with Crippen LogP contribution in [-0.2, 0) is 38.4 Å². The smallest absolute Gasteiger partial charge is 0.236 e. The van der Waals surface area contributed by atoms with E-state index in [1.165, 1.54) is 27.9 Å². The second-order valence-electron chi connectivity index (χ2n) is 32.8. The number of likely N-dealkylation sites (N-methyl/N-ethyl adjacent to an activating group) is 1. The lowest BCUT2D eigenvalue weighted by Crippen LogP contribution is -2.51. The summed E-state index contributed by atoms with van der Waals surface area (Å²) in [5.41, 5.74) is 9.05. The van der Waals surface area contributed by atoms with Gasteiger partial charge in [0.15, 0.2) is 0 Å². The van der Waals surface area contributed by atoms with E-state index in [1.54, 1.807) is 97.1 Å². The standard InChI is InChI=1S/C25H31N3O3.C24H28ClN3O3.C24H30N4O3.C19H28N4O3/c1-18-2-4-19(5-3-18)20-11-14-28(15-12-20)24(30)17-27-13-10-21(16-27)25(31)26-22-6-8-23(29)9-7-22;25-20-3-1-2-18(14-20)17-9-12-28(13-10-17)23(30)16-27-11-8-19(15-27)24(31)26-21-4-6-22(29)7-5-21;1-18-2-6-21(7-3-18)27-12-14-28(15-13-27)23(30)17-26-11-10-19(16-26)24(31)25-20-4-8-22(29)9-5-20;1-2-21-9-11-23(12-10-21)18(25)14-22-8-7-15(13-22)19(26)20-16-3-5-17(24)6-4-16/h2-9,20-21,29H,10-17H2,1H3,(H,26,31);1-7,14,17,19,29H,8-13,15-16H2,(H,26,31);2-9,19,29H,10-17H2,1H3,(H,25,31);3-6,15,24H,2,7-14H2,1H3,(H,20,26)/t;19-;;15-/m.0.1/s1. The summed E-state index contributed by atoms with van der Waals surface area (Å²) in [5, 5.41) is 49.7. The number of piperazine rings is 2. The largest absolute Gasteiger partial charge is 0.508 e. The van der Waals surface area contributed by atoms with Crippen LogP contribution in [-0.4, -0.2) is 275 Å². The predicted molar refractivity (Wildman–Crippen MR) is 464 cm³/mol. The van der Waals surface area contributed by atoms with Crippen LogP contribution >= 0.6 is 11.6 Å². The average molecular weight is 1650 g/mol. The summed E-state index contributed by atoms with van der Waals surface area (Å²) in [7, 11) is 0. The van der Waals surface area contributed by atoms with E-state index in [0.29, 0.717) is 86.9 Å². The van der Waals surface area contributed by atoms with Crippen molar-refractivity contribution in [2.75, 3.05) is 190 Å². The molecule has 8 saturated heterocycles. The van der Waals surface area contributed by atoms with Crippen molar-refractivity contribution in [2.45, 2.75) is 84.0 Å². The molecule has 8 N–H and O–H groups in total. The van der Waals surface area contributed by atoms with Gasteiger partial charge in [0.05, 0.1) is 49.9 Å². The Morgan fingerprint density at radius 1 is 0.328 bits per heavy atom. The van der Waals surface area contributed by atoms with Crippen LogP contribution in [0.2, 0.25) is 5.02 Å². The molecule has 0 aliphatic carbocycles. The van der Waals surface area contributed by atoms with Crippen molar-refractivity contribution in [3.63, 3.8) is 0 Å². The molecule has 634 valence electrons. The number of nitrogens with one attached hydrogen (secondary N) is 4. The van der Waals surface area contributed by atoms with Gasteiger partial charge in [0.1, 0.15) is 23.0 Å². The first kappa shape index (κ1) is 87.7. The van der Waals surface area contributed by atoms with Crippen molar-refractivity contribution in [2.24, 2.45) is 23.7 Å². The zero-order valence-corrected chi connectivity index (χ0v) is 69.6. The lowest BCUT2D eigenvalue weighted by Gasteiger charge is -2.36. The SMILES string of the molecule is CCN1CCN(C(=O)CN2CC[C@@H](C(=O)Nc3ccc(O)cc3)C2)CC1.Cc1ccc(C2CCN(C(=O)CN3CCC(C(=O)Nc4ccc(O)cc4)C3)CC2)cc1.Cc1ccc(N2CCN(C(=O)CN3CCC(C(=O)Nc4ccc(O)cc4)C3)CC2)cc1.O=C(Nc1ccc(O)cc1)[C@H]1CCN(CC(=O)N2CCC(c3cccc(Cl)c3)CC2)C1. The number of aryl methyl sites for hydroxylation is 2. The number of aromatic hydroxyl groups is 4. The summed E-state index contributed by atoms with van der Waals surface area (Å²) in [4.78, 5) is 122. The fraction of sp³-hybridized carbons (Fsp3) is 0.457. The number of hydrogen-bond acceptors (Lipinski definition) is 18. The normalized spacial score (nSPS) is 20.3. The molecule has 2 unspecified atom stereocenters. The monoisotopic (exact) mass is 1640 g/mol. The number of benzene rings is 7. The lowest BCUT2D eigenvalue weighted by molar-refractivity contribution is -0.134. The summed E-state index contributed by atoms with van der Waals surface area (Å²) in [5.74, 6) is 1.68. The molecule has 8 aliphatic rings. The second-order valence-corrected chi connectivity index (χ2v) is 33.3. The first-order valence-corrected chi connectivity index (χ1v) is 42.6. The third kappa shape index (κ3) is 26.2. The van der Waals surface area contributed by atoms with Crippen LogP contribution in [0.5, 0.6) is 23.0 Å². The van der Waals surface area contributed by atoms with Crippen molar-refractivity contribution in [1.82, 2.24) is 44.1 Å². The van der Waals surface area contributed by atoms with Gasteiger partial charge >= 0.3 is 0 Å². The summed E-state index contributed by atoms with van der Waals surface area (Å²) in [6.07, 6.45) is 6.92. The number of rotatable bonds is 20. The van der Waals surface area contributed by atoms with Gasteiger partial charge in [-0.2, -0.15) is 0 Å². The van der Waals surface area contributed by atoms with Crippen LogP contribution in [0.1, 0.15) is 92.4 Å². The van der Waals surface area contributed by atoms with E-state index in [4.69, 9.17) is 11.6 Å². The molecule has 4 atom stereocenters. The molecule has 119 heavy (non-hydrogen) atoms. The number of carbonyl (C=O) groups excluding carboxylic acids is 8. The molecule has 7 aromatic carbocycles. The molecule has 8 amide bonds. The fourth-order valence-electron chi connectivity index (χ4n) is 16.9. The zero-order chi connectivity index (χ0) is 83.9. The minimum absolute atomic E-state index is 0.0257. The molecule has 8 heterocycles. The van der Waals surface area contributed by atoms with Crippen LogP contribution in [0.25, 0.3) is 0 Å². The van der Waals surface area contributed by atoms with Crippen LogP contribution < -0.4 is 26.2 Å². The van der Waals surface area contributed by atoms with Crippen LogP contribution in [0.4, 0.5) is 28.4 Å². The molecular formula is C92H117ClN14O12. The molecular weight excluding hydrogens is 1530 g/mol. The van der Waals surface area contributed by atoms with Gasteiger partial charge in [-0.05, 0) is 242 Å². The minimum Gasteiger partial charge on any atom is -0.508 e. The molecule has 8 fully saturated rings. The molecule has 0 aromatic heterocycles. The van der Waals surface area contributed by atoms with Crippen molar-refractivity contribution in [3.8, 4) is 23.0 Å². The molecule has 26 nitrogen and oxygen atoms in total. The van der Waals surface area contributed by atoms with Gasteiger partial charge in [-0.25, -0.2) is 0 Å². The number of amides is 8. The van der Waals surface area contributed by atoms with Crippen LogP contribution in [0, 0.1) is 37.5 Å². The maximum Gasteiger partial charge on any atom is 0.236 e. The Balaban J connectivity index is 0.000000146. The summed E-state index contributed by atoms with van der Waals surface area (Å²) >= 11 is 6.12. The highest BCUT2D eigenvalue weighted by Crippen LogP contribution is 2.33. The van der Waals surface area contributed by atoms with Gasteiger partial charge < -0.3 is 71.1 Å². The molecule has 0 bridgehead atoms. The van der Waals surface area contributed by atoms with E-state index in [9.17, 15) is 58.8 Å². The molecule has 8 aliphatic heterocycles. The number of phenolic OH excluding ortho intramolecular Hbond substituents is 4. The van der Waals surface area contributed by atoms with Crippen LogP contribution in [0.15, 0.2) is 170 Å². The van der Waals surface area contributed by atoms with Crippen molar-refractivity contribution in [3.05, 3.63) is 197 Å². The van der Waals surface area contributed by atoms with Crippen molar-refractivity contribution >= 4 is 87.3 Å². The Morgan fingerprint density at radius 3 is 0.933 bits per heavy atom. The van der Waals surface area contributed by atoms with E-state index in [2.05, 4.69) is 126 Å². The average Bonchev–Trinajstić information content (AvgIpc) is 1.83. The van der Waals surface area contributed by atoms with Gasteiger partial charge in [0, 0.05) is 138 Å². The number of halogens is 1. The second kappa shape index (κ2) is 42.9. The zero-order valence-electron chi connectivity index (χ0n) is 68.9. The molecule has 7 aromatic rings. The highest BCUT2D eigenvalue weighted by Gasteiger charge is 2.37. The Bertz CT molecular complexity index is 4340. The number of anilines is 5. The summed E-state index contributed by atoms with van der Waals surface area (Å²) in [6, 6.07) is 51.1. The Labute approximate surface area is 704 Å². The van der Waals surface area contributed by atoms with E-state index in [-0.39, 0.29) is 93.9 Å². The van der Waals surface area contributed by atoms with E-state index in [1.807, 2.05) is 37.8 Å². The Morgan fingerprint density at radius 2 is 0.622 bits per heavy atom. The lowest BCUT2D eigenvalue weighted by atomic mass is 9.89. The molecule has 0 radical (unpaired) electrons. The maximum absolute atomic E-state index is 12.8. The highest BCUT2D eigenvalue weighted by molar-refractivity contribution is 6.30. The Kier molecular flexibility index (Phi) is 31.6. The van der Waals surface area contributed by atoms with E-state index < -0.39 is 0 Å². The van der Waals surface area contributed by atoms with Gasteiger partial charge in [-0.1, -0.05) is 78.2 Å². The maximum atomic E-state index is 12.8. The van der Waals surface area contributed by atoms with Crippen molar-refractivity contribution < 1.29 is 58.8 Å². The van der Waals surface area contributed by atoms with Gasteiger partial charge in [-0.3, -0.25) is 58.0 Å². The first-order chi connectivity index (χ1) is 57.5. The number of carbonyl (C=O) groups is 8. The summed E-state index contributed by atoms with van der Waals surface area (Å²) in [6.45, 7) is 24.1. The number of likely N-dealkylation sites (tertiary alicyclic amines) is 6. The quantitative estimate of drug-likeness (QED) is 0.0329. The number of phenols is 4. The van der Waals surface area contributed by atoms with Gasteiger partial charge in [0.2, 0.25) is 47.3 Å². The highest BCUT2D eigenvalue weighted by atomic mass is 35.5. The summed E-state index contributed by atoms with van der Waals surface area (Å²) < 4.78 is 0. The molecule has 0 saturated carbocycles. The minimum atomic E-state index is -0.129. The Hall–Kier alpha value is -10.6. The number of hydrogen-bond donors (Lipinski definition) is 8. The van der Waals surface area contributed by atoms with E-state index >= 15 is 0 Å². The van der Waals surface area contributed by atoms with Gasteiger partial charge in [0.25, 0.3) is 0 Å². The number of nitrogens with zero attached hydrogens (tertiary/aromatic N) is 10. The third-order valence-electron chi connectivity index (χ3n) is 24.3. The number of piperidine rings is 2. The van der Waals surface area contributed by atoms with E-state index in [0.717, 1.165) is 168 Å². The predicted octanol–water partition coefficient (Wildman–Crippen LogP) is 10.2. The van der Waals surface area contributed by atoms with Crippen molar-refractivity contribution in [1.29, 1.82) is 0 Å². The third-order valence-corrected chi connectivity index (χ3v) is 24.6. The molecule has 15 rings (SSSR count). The molecule has 27 heteroatoms.